The monoisotopic (exact) mass is 301 g/mol. The first kappa shape index (κ1) is 15.6. The first-order valence-corrected chi connectivity index (χ1v) is 7.80. The van der Waals surface area contributed by atoms with Gasteiger partial charge in [0.25, 0.3) is 0 Å². The van der Waals surface area contributed by atoms with Gasteiger partial charge in [0.2, 0.25) is 0 Å². The van der Waals surface area contributed by atoms with Crippen molar-refractivity contribution in [2.75, 3.05) is 0 Å². The highest BCUT2D eigenvalue weighted by atomic mass is 32.2. The van der Waals surface area contributed by atoms with Crippen LogP contribution in [-0.4, -0.2) is 16.1 Å². The summed E-state index contributed by atoms with van der Waals surface area (Å²) in [6.45, 7) is 6.18. The van der Waals surface area contributed by atoms with Crippen molar-refractivity contribution in [1.29, 1.82) is 0 Å². The number of aromatic nitrogens is 1. The molecule has 2 aromatic rings. The number of nitrogens with zero attached hydrogens (tertiary/aromatic N) is 1. The topological polar surface area (TPSA) is 50.2 Å². The van der Waals surface area contributed by atoms with Gasteiger partial charge in [0.05, 0.1) is 5.56 Å². The Bertz CT molecular complexity index is 668. The maximum Gasteiger partial charge on any atom is 0.335 e. The summed E-state index contributed by atoms with van der Waals surface area (Å²) in [5.74, 6) is -0.905. The zero-order valence-corrected chi connectivity index (χ0v) is 13.3. The number of pyridine rings is 1. The molecule has 0 aliphatic heterocycles. The van der Waals surface area contributed by atoms with Gasteiger partial charge in [0, 0.05) is 10.6 Å². The molecular weight excluding hydrogens is 282 g/mol. The minimum Gasteiger partial charge on any atom is -0.478 e. The van der Waals surface area contributed by atoms with E-state index in [-0.39, 0.29) is 0 Å². The van der Waals surface area contributed by atoms with Crippen LogP contribution in [0.15, 0.2) is 40.3 Å². The van der Waals surface area contributed by atoms with Crippen LogP contribution in [0.4, 0.5) is 0 Å². The number of hydrogen-bond donors (Lipinski definition) is 1. The number of aryl methyl sites for hydroxylation is 3. The van der Waals surface area contributed by atoms with Crippen molar-refractivity contribution in [3.8, 4) is 0 Å². The smallest absolute Gasteiger partial charge is 0.335 e. The second kappa shape index (κ2) is 6.76. The van der Waals surface area contributed by atoms with Crippen molar-refractivity contribution in [2.45, 2.75) is 43.5 Å². The zero-order valence-electron chi connectivity index (χ0n) is 12.5. The fourth-order valence-electron chi connectivity index (χ4n) is 2.15. The maximum absolute atomic E-state index is 11.2. The van der Waals surface area contributed by atoms with Gasteiger partial charge in [0.1, 0.15) is 5.03 Å². The number of carboxylic acids is 1. The van der Waals surface area contributed by atoms with E-state index < -0.39 is 5.97 Å². The van der Waals surface area contributed by atoms with Crippen LogP contribution < -0.4 is 0 Å². The molecule has 0 amide bonds. The number of hydrogen-bond acceptors (Lipinski definition) is 3. The van der Waals surface area contributed by atoms with Crippen LogP contribution in [0.2, 0.25) is 0 Å². The van der Waals surface area contributed by atoms with Gasteiger partial charge >= 0.3 is 5.97 Å². The van der Waals surface area contributed by atoms with E-state index in [1.54, 1.807) is 12.1 Å². The lowest BCUT2D eigenvalue weighted by Crippen LogP contribution is -2.01. The molecule has 3 nitrogen and oxygen atoms in total. The van der Waals surface area contributed by atoms with Crippen LogP contribution in [0.25, 0.3) is 0 Å². The summed E-state index contributed by atoms with van der Waals surface area (Å²) < 4.78 is 0. The Balaban J connectivity index is 2.36. The molecule has 0 aliphatic carbocycles. The molecule has 2 rings (SSSR count). The van der Waals surface area contributed by atoms with Gasteiger partial charge in [-0.05, 0) is 44.0 Å². The lowest BCUT2D eigenvalue weighted by Gasteiger charge is -2.08. The molecule has 1 aromatic heterocycles. The molecule has 1 N–H and O–H groups in total. The second-order valence-electron chi connectivity index (χ2n) is 5.11. The van der Waals surface area contributed by atoms with Crippen molar-refractivity contribution < 1.29 is 9.90 Å². The Hall–Kier alpha value is -1.81. The Labute approximate surface area is 129 Å². The third-order valence-corrected chi connectivity index (χ3v) is 4.25. The molecule has 0 atom stereocenters. The first-order chi connectivity index (χ1) is 9.99. The van der Waals surface area contributed by atoms with Crippen molar-refractivity contribution >= 4 is 17.7 Å². The maximum atomic E-state index is 11.2. The molecule has 0 fully saturated rings. The third-order valence-electron chi connectivity index (χ3n) is 3.15. The van der Waals surface area contributed by atoms with Crippen molar-refractivity contribution in [1.82, 2.24) is 4.98 Å². The van der Waals surface area contributed by atoms with Crippen LogP contribution in [0.3, 0.4) is 0 Å². The summed E-state index contributed by atoms with van der Waals surface area (Å²) in [5.41, 5.74) is 3.54. The van der Waals surface area contributed by atoms with Crippen molar-refractivity contribution in [3.63, 3.8) is 0 Å². The molecule has 0 saturated heterocycles. The van der Waals surface area contributed by atoms with Gasteiger partial charge in [-0.15, -0.1) is 0 Å². The number of rotatable bonds is 5. The van der Waals surface area contributed by atoms with Gasteiger partial charge in [-0.2, -0.15) is 0 Å². The average molecular weight is 301 g/mol. The van der Waals surface area contributed by atoms with Gasteiger partial charge < -0.3 is 5.11 Å². The number of aromatic carboxylic acids is 1. The highest BCUT2D eigenvalue weighted by molar-refractivity contribution is 7.99. The minimum absolute atomic E-state index is 0.306. The first-order valence-electron chi connectivity index (χ1n) is 6.99. The number of carboxylic acid groups (broad SMARTS) is 1. The second-order valence-corrected chi connectivity index (χ2v) is 6.17. The summed E-state index contributed by atoms with van der Waals surface area (Å²) in [4.78, 5) is 16.9. The van der Waals surface area contributed by atoms with E-state index >= 15 is 0 Å². The number of benzene rings is 1. The number of carbonyl (C=O) groups is 1. The SMILES string of the molecule is CCCc1cc(C(=O)O)cc(Sc2ccc(C)cc2C)n1. The predicted molar refractivity (Wildman–Crippen MR) is 85.2 cm³/mol. The summed E-state index contributed by atoms with van der Waals surface area (Å²) in [6, 6.07) is 9.55. The Morgan fingerprint density at radius 3 is 2.62 bits per heavy atom. The summed E-state index contributed by atoms with van der Waals surface area (Å²) >= 11 is 1.52. The quantitative estimate of drug-likeness (QED) is 0.883. The van der Waals surface area contributed by atoms with Gasteiger partial charge in [-0.25, -0.2) is 9.78 Å². The van der Waals surface area contributed by atoms with E-state index in [4.69, 9.17) is 0 Å². The Morgan fingerprint density at radius 2 is 2.00 bits per heavy atom. The molecule has 110 valence electrons. The largest absolute Gasteiger partial charge is 0.478 e. The normalized spacial score (nSPS) is 10.6. The van der Waals surface area contributed by atoms with Gasteiger partial charge in [-0.3, -0.25) is 0 Å². The van der Waals surface area contributed by atoms with Crippen LogP contribution >= 0.6 is 11.8 Å². The molecule has 0 unspecified atom stereocenters. The standard InChI is InChI=1S/C17H19NO2S/c1-4-5-14-9-13(17(19)20)10-16(18-14)21-15-7-6-11(2)8-12(15)3/h6-10H,4-5H2,1-3H3,(H,19,20). The van der Waals surface area contributed by atoms with Crippen LogP contribution in [-0.2, 0) is 6.42 Å². The molecule has 1 aromatic carbocycles. The van der Waals surface area contributed by atoms with Crippen molar-refractivity contribution in [2.24, 2.45) is 0 Å². The Kier molecular flexibility index (Phi) is 5.02. The predicted octanol–water partition coefficient (Wildman–Crippen LogP) is 4.50. The van der Waals surface area contributed by atoms with Gasteiger partial charge in [0.15, 0.2) is 0 Å². The molecule has 4 heteroatoms. The van der Waals surface area contributed by atoms with Crippen LogP contribution in [0.5, 0.6) is 0 Å². The lowest BCUT2D eigenvalue weighted by atomic mass is 10.2. The van der Waals surface area contributed by atoms with Crippen LogP contribution in [0, 0.1) is 13.8 Å². The third kappa shape index (κ3) is 4.08. The van der Waals surface area contributed by atoms with E-state index in [0.29, 0.717) is 5.56 Å². The van der Waals surface area contributed by atoms with E-state index in [1.807, 2.05) is 0 Å². The van der Waals surface area contributed by atoms with Crippen LogP contribution in [0.1, 0.15) is 40.5 Å². The average Bonchev–Trinajstić information content (AvgIpc) is 2.42. The molecular formula is C17H19NO2S. The highest BCUT2D eigenvalue weighted by Crippen LogP contribution is 2.30. The molecule has 0 spiro atoms. The van der Waals surface area contributed by atoms with Crippen molar-refractivity contribution in [3.05, 3.63) is 52.7 Å². The summed E-state index contributed by atoms with van der Waals surface area (Å²) in [5, 5.41) is 9.96. The minimum atomic E-state index is -0.905. The van der Waals surface area contributed by atoms with Gasteiger partial charge in [-0.1, -0.05) is 42.8 Å². The zero-order chi connectivity index (χ0) is 15.4. The molecule has 21 heavy (non-hydrogen) atoms. The fourth-order valence-corrected chi connectivity index (χ4v) is 3.08. The Morgan fingerprint density at radius 1 is 1.24 bits per heavy atom. The summed E-state index contributed by atoms with van der Waals surface area (Å²) in [7, 11) is 0. The summed E-state index contributed by atoms with van der Waals surface area (Å²) in [6.07, 6.45) is 1.74. The highest BCUT2D eigenvalue weighted by Gasteiger charge is 2.10. The van der Waals surface area contributed by atoms with E-state index in [0.717, 1.165) is 28.5 Å². The van der Waals surface area contributed by atoms with E-state index in [9.17, 15) is 9.90 Å². The molecule has 0 radical (unpaired) electrons. The molecule has 0 saturated carbocycles. The molecule has 1 heterocycles. The van der Waals surface area contributed by atoms with E-state index in [2.05, 4.69) is 44.0 Å². The fraction of sp³-hybridized carbons (Fsp3) is 0.294. The van der Waals surface area contributed by atoms with E-state index in [1.165, 1.54) is 22.9 Å². The molecule has 0 aliphatic rings. The lowest BCUT2D eigenvalue weighted by molar-refractivity contribution is 0.0696. The molecule has 0 bridgehead atoms.